The Morgan fingerprint density at radius 3 is 2.26 bits per heavy atom. The highest BCUT2D eigenvalue weighted by Gasteiger charge is 2.24. The first kappa shape index (κ1) is 23.7. The van der Waals surface area contributed by atoms with Crippen molar-refractivity contribution in [3.8, 4) is 11.5 Å². The van der Waals surface area contributed by atoms with E-state index in [1.54, 1.807) is 40.2 Å². The third-order valence-corrected chi connectivity index (χ3v) is 5.00. The summed E-state index contributed by atoms with van der Waals surface area (Å²) in [5.74, 6) is 0.584. The number of anilines is 2. The second-order valence-electron chi connectivity index (χ2n) is 7.47. The van der Waals surface area contributed by atoms with E-state index in [1.807, 2.05) is 32.0 Å². The summed E-state index contributed by atoms with van der Waals surface area (Å²) >= 11 is 0. The van der Waals surface area contributed by atoms with Crippen LogP contribution in [0, 0.1) is 13.8 Å². The molecule has 0 saturated carbocycles. The van der Waals surface area contributed by atoms with Crippen molar-refractivity contribution in [2.45, 2.75) is 33.2 Å². The monoisotopic (exact) mass is 426 g/mol. The van der Waals surface area contributed by atoms with Crippen LogP contribution in [-0.4, -0.2) is 50.3 Å². The number of carbonyl (C=O) groups is 3. The molecule has 1 unspecified atom stereocenters. The molecule has 8 nitrogen and oxygen atoms in total. The maximum atomic E-state index is 13.2. The molecule has 166 valence electrons. The number of rotatable bonds is 9. The summed E-state index contributed by atoms with van der Waals surface area (Å²) in [6.45, 7) is 5.75. The van der Waals surface area contributed by atoms with Gasteiger partial charge >= 0.3 is 0 Å². The molecule has 0 aliphatic heterocycles. The fourth-order valence-corrected chi connectivity index (χ4v) is 3.24. The van der Waals surface area contributed by atoms with Gasteiger partial charge in [0.1, 0.15) is 5.75 Å². The van der Waals surface area contributed by atoms with Crippen molar-refractivity contribution in [2.75, 3.05) is 31.8 Å². The quantitative estimate of drug-likeness (QED) is 0.534. The van der Waals surface area contributed by atoms with Crippen LogP contribution in [0.1, 0.15) is 34.8 Å². The van der Waals surface area contributed by atoms with Crippen molar-refractivity contribution < 1.29 is 19.1 Å². The molecule has 0 radical (unpaired) electrons. The van der Waals surface area contributed by atoms with E-state index >= 15 is 0 Å². The van der Waals surface area contributed by atoms with Crippen LogP contribution in [0.4, 0.5) is 11.4 Å². The van der Waals surface area contributed by atoms with Crippen molar-refractivity contribution in [3.63, 3.8) is 0 Å². The maximum Gasteiger partial charge on any atom is 0.256 e. The molecule has 3 amide bonds. The van der Waals surface area contributed by atoms with Crippen LogP contribution in [0.2, 0.25) is 0 Å². The lowest BCUT2D eigenvalue weighted by atomic mass is 10.1. The Labute approximate surface area is 183 Å². The van der Waals surface area contributed by atoms with Crippen molar-refractivity contribution in [2.24, 2.45) is 0 Å². The van der Waals surface area contributed by atoms with E-state index in [-0.39, 0.29) is 29.8 Å². The molecule has 0 aliphatic rings. The first-order valence-corrected chi connectivity index (χ1v) is 10.00. The van der Waals surface area contributed by atoms with E-state index in [2.05, 4.69) is 16.0 Å². The molecule has 0 heterocycles. The Balaban J connectivity index is 2.47. The number of aryl methyl sites for hydroxylation is 2. The SMILES string of the molecule is CNC(=O)CC(C)N(C)C(=O)c1cc(Oc2cc(C)cc(C)c2)c(NC)cc1NC=O. The van der Waals surface area contributed by atoms with Gasteiger partial charge in [0, 0.05) is 33.6 Å². The van der Waals surface area contributed by atoms with Gasteiger partial charge in [-0.25, -0.2) is 0 Å². The number of benzene rings is 2. The molecule has 0 spiro atoms. The molecule has 31 heavy (non-hydrogen) atoms. The molecule has 3 N–H and O–H groups in total. The summed E-state index contributed by atoms with van der Waals surface area (Å²) in [5, 5.41) is 8.18. The van der Waals surface area contributed by atoms with Gasteiger partial charge in [0.15, 0.2) is 5.75 Å². The second kappa shape index (κ2) is 10.5. The fourth-order valence-electron chi connectivity index (χ4n) is 3.24. The Morgan fingerprint density at radius 1 is 1.06 bits per heavy atom. The average Bonchev–Trinajstić information content (AvgIpc) is 2.72. The summed E-state index contributed by atoms with van der Waals surface area (Å²) in [5.41, 5.74) is 3.33. The summed E-state index contributed by atoms with van der Waals surface area (Å²) in [4.78, 5) is 37.6. The number of carbonyl (C=O) groups excluding carboxylic acids is 3. The molecule has 0 aromatic heterocycles. The van der Waals surface area contributed by atoms with Crippen LogP contribution < -0.4 is 20.7 Å². The molecule has 0 saturated heterocycles. The summed E-state index contributed by atoms with van der Waals surface area (Å²) in [6.07, 6.45) is 0.680. The lowest BCUT2D eigenvalue weighted by Crippen LogP contribution is -2.38. The lowest BCUT2D eigenvalue weighted by molar-refractivity contribution is -0.121. The number of nitrogens with zero attached hydrogens (tertiary/aromatic N) is 1. The molecule has 0 aliphatic carbocycles. The summed E-state index contributed by atoms with van der Waals surface area (Å²) in [6, 6.07) is 8.76. The van der Waals surface area contributed by atoms with Gasteiger partial charge in [-0.2, -0.15) is 0 Å². The first-order valence-electron chi connectivity index (χ1n) is 10.00. The molecule has 2 aromatic carbocycles. The Hall–Kier alpha value is -3.55. The van der Waals surface area contributed by atoms with Crippen LogP contribution in [0.3, 0.4) is 0 Å². The second-order valence-corrected chi connectivity index (χ2v) is 7.47. The van der Waals surface area contributed by atoms with Gasteiger partial charge < -0.3 is 25.6 Å². The smallest absolute Gasteiger partial charge is 0.256 e. The van der Waals surface area contributed by atoms with Gasteiger partial charge in [-0.1, -0.05) is 6.07 Å². The molecular formula is C23H30N4O4. The Bertz CT molecular complexity index is 954. The van der Waals surface area contributed by atoms with Crippen molar-refractivity contribution in [1.82, 2.24) is 10.2 Å². The minimum absolute atomic E-state index is 0.162. The average molecular weight is 427 g/mol. The highest BCUT2D eigenvalue weighted by Crippen LogP contribution is 2.36. The highest BCUT2D eigenvalue weighted by atomic mass is 16.5. The third kappa shape index (κ3) is 5.97. The van der Waals surface area contributed by atoms with Crippen LogP contribution in [0.5, 0.6) is 11.5 Å². The zero-order valence-electron chi connectivity index (χ0n) is 18.8. The van der Waals surface area contributed by atoms with Crippen LogP contribution in [0.25, 0.3) is 0 Å². The van der Waals surface area contributed by atoms with Crippen molar-refractivity contribution in [3.05, 3.63) is 47.0 Å². The van der Waals surface area contributed by atoms with E-state index in [9.17, 15) is 14.4 Å². The van der Waals surface area contributed by atoms with Crippen LogP contribution in [-0.2, 0) is 9.59 Å². The molecule has 8 heteroatoms. The first-order chi connectivity index (χ1) is 14.7. The van der Waals surface area contributed by atoms with E-state index in [0.717, 1.165) is 11.1 Å². The molecule has 0 bridgehead atoms. The zero-order chi connectivity index (χ0) is 23.1. The Kier molecular flexibility index (Phi) is 8.01. The molecule has 0 fully saturated rings. The number of ether oxygens (including phenoxy) is 1. The van der Waals surface area contributed by atoms with E-state index in [4.69, 9.17) is 4.74 Å². The van der Waals surface area contributed by atoms with E-state index < -0.39 is 0 Å². The summed E-state index contributed by atoms with van der Waals surface area (Å²) in [7, 11) is 4.90. The Morgan fingerprint density at radius 2 is 1.71 bits per heavy atom. The minimum Gasteiger partial charge on any atom is -0.455 e. The van der Waals surface area contributed by atoms with Gasteiger partial charge in [0.2, 0.25) is 12.3 Å². The van der Waals surface area contributed by atoms with Crippen molar-refractivity contribution in [1.29, 1.82) is 0 Å². The topological polar surface area (TPSA) is 99.8 Å². The lowest BCUT2D eigenvalue weighted by Gasteiger charge is -2.26. The number of hydrogen-bond donors (Lipinski definition) is 3. The minimum atomic E-state index is -0.343. The predicted molar refractivity (Wildman–Crippen MR) is 122 cm³/mol. The largest absolute Gasteiger partial charge is 0.455 e. The van der Waals surface area contributed by atoms with E-state index in [1.165, 1.54) is 4.90 Å². The fraction of sp³-hybridized carbons (Fsp3) is 0.348. The molecule has 2 aromatic rings. The van der Waals surface area contributed by atoms with Gasteiger partial charge in [0.25, 0.3) is 5.91 Å². The third-order valence-electron chi connectivity index (χ3n) is 5.00. The number of nitrogens with one attached hydrogen (secondary N) is 3. The number of amides is 3. The van der Waals surface area contributed by atoms with Crippen molar-refractivity contribution >= 4 is 29.6 Å². The van der Waals surface area contributed by atoms with Gasteiger partial charge in [-0.15, -0.1) is 0 Å². The molecule has 1 atom stereocenters. The zero-order valence-corrected chi connectivity index (χ0v) is 18.8. The normalized spacial score (nSPS) is 11.3. The summed E-state index contributed by atoms with van der Waals surface area (Å²) < 4.78 is 6.09. The highest BCUT2D eigenvalue weighted by molar-refractivity contribution is 6.03. The van der Waals surface area contributed by atoms with Crippen LogP contribution >= 0.6 is 0 Å². The molecule has 2 rings (SSSR count). The van der Waals surface area contributed by atoms with Gasteiger partial charge in [-0.3, -0.25) is 14.4 Å². The van der Waals surface area contributed by atoms with Gasteiger partial charge in [-0.05, 0) is 56.2 Å². The van der Waals surface area contributed by atoms with E-state index in [0.29, 0.717) is 29.3 Å². The maximum absolute atomic E-state index is 13.2. The number of hydrogen-bond acceptors (Lipinski definition) is 5. The standard InChI is InChI=1S/C23H30N4O4/c1-14-7-15(2)9-17(8-14)31-21-11-18(19(26-13-28)12-20(21)24-4)23(30)27(6)16(3)10-22(29)25-5/h7-9,11-13,16,24H,10H2,1-6H3,(H,25,29)(H,26,28). The predicted octanol–water partition coefficient (Wildman–Crippen LogP) is 3.30. The van der Waals surface area contributed by atoms with Gasteiger partial charge in [0.05, 0.1) is 16.9 Å². The van der Waals surface area contributed by atoms with Crippen LogP contribution in [0.15, 0.2) is 30.3 Å². The molecular weight excluding hydrogens is 396 g/mol.